The second-order valence-corrected chi connectivity index (χ2v) is 11.4. The molecule has 39 heavy (non-hydrogen) atoms. The fraction of sp³-hybridized carbons (Fsp3) is 0.586. The van der Waals surface area contributed by atoms with Gasteiger partial charge in [0, 0.05) is 30.7 Å². The monoisotopic (exact) mass is 532 g/mol. The van der Waals surface area contributed by atoms with E-state index >= 15 is 0 Å². The summed E-state index contributed by atoms with van der Waals surface area (Å²) in [6.07, 6.45) is 11.4. The molecule has 2 aromatic heterocycles. The largest absolute Gasteiger partial charge is 0.465 e. The summed E-state index contributed by atoms with van der Waals surface area (Å²) < 4.78 is 2.29. The Kier molecular flexibility index (Phi) is 7.81. The Hall–Kier alpha value is -3.40. The maximum Gasteiger partial charge on any atom is 0.404 e. The van der Waals surface area contributed by atoms with Gasteiger partial charge in [-0.2, -0.15) is 9.97 Å². The summed E-state index contributed by atoms with van der Waals surface area (Å²) in [6, 6.07) is 11.7. The number of hydrogen-bond acceptors (Lipinski definition) is 7. The van der Waals surface area contributed by atoms with Gasteiger partial charge in [-0.3, -0.25) is 0 Å². The lowest BCUT2D eigenvalue weighted by atomic mass is 9.91. The second-order valence-electron chi connectivity index (χ2n) is 11.4. The average molecular weight is 533 g/mol. The molecule has 10 nitrogen and oxygen atoms in total. The molecule has 3 aromatic rings. The number of nitrogens with zero attached hydrogens (tertiary/aromatic N) is 5. The van der Waals surface area contributed by atoms with Gasteiger partial charge in [0.05, 0.1) is 6.33 Å². The molecule has 3 aliphatic rings. The standard InChI is InChI=1S/C29H40N8O2/c38-29(39)33-22-12-10-21(11-13-22)32-28-34-26(25-27(35-28)37(19-31-25)23-8-4-5-9-23)36(24-14-16-30-17-15-24)18-20-6-2-1-3-7-20/h1-3,6-7,19,21-24,30,33H,4-5,8-18H2,(H,38,39)(H,32,34,35). The highest BCUT2D eigenvalue weighted by molar-refractivity contribution is 5.85. The van der Waals surface area contributed by atoms with Gasteiger partial charge in [0.25, 0.3) is 0 Å². The van der Waals surface area contributed by atoms with Crippen LogP contribution in [-0.4, -0.2) is 61.9 Å². The Morgan fingerprint density at radius 3 is 2.41 bits per heavy atom. The zero-order chi connectivity index (χ0) is 26.6. The molecule has 0 atom stereocenters. The van der Waals surface area contributed by atoms with E-state index in [9.17, 15) is 4.79 Å². The number of fused-ring (bicyclic) bond motifs is 1. The number of amides is 1. The summed E-state index contributed by atoms with van der Waals surface area (Å²) in [4.78, 5) is 28.7. The molecule has 6 rings (SSSR count). The van der Waals surface area contributed by atoms with E-state index < -0.39 is 6.09 Å². The third-order valence-corrected chi connectivity index (χ3v) is 8.73. The maximum absolute atomic E-state index is 11.1. The number of aromatic nitrogens is 4. The van der Waals surface area contributed by atoms with E-state index in [2.05, 4.69) is 55.7 Å². The highest BCUT2D eigenvalue weighted by atomic mass is 16.4. The first-order valence-corrected chi connectivity index (χ1v) is 14.7. The Morgan fingerprint density at radius 2 is 1.69 bits per heavy atom. The van der Waals surface area contributed by atoms with Gasteiger partial charge < -0.3 is 30.5 Å². The van der Waals surface area contributed by atoms with E-state index in [0.29, 0.717) is 18.0 Å². The van der Waals surface area contributed by atoms with E-state index in [1.54, 1.807) is 0 Å². The average Bonchev–Trinajstić information content (AvgIpc) is 3.64. The van der Waals surface area contributed by atoms with Gasteiger partial charge in [-0.15, -0.1) is 0 Å². The zero-order valence-electron chi connectivity index (χ0n) is 22.6. The Balaban J connectivity index is 1.35. The van der Waals surface area contributed by atoms with Crippen LogP contribution < -0.4 is 20.9 Å². The number of carboxylic acid groups (broad SMARTS) is 1. The molecule has 208 valence electrons. The minimum Gasteiger partial charge on any atom is -0.465 e. The van der Waals surface area contributed by atoms with Crippen molar-refractivity contribution >= 4 is 29.0 Å². The summed E-state index contributed by atoms with van der Waals surface area (Å²) in [6.45, 7) is 2.78. The van der Waals surface area contributed by atoms with Gasteiger partial charge in [-0.25, -0.2) is 9.78 Å². The molecule has 10 heteroatoms. The lowest BCUT2D eigenvalue weighted by molar-refractivity contribution is 0.185. The number of rotatable bonds is 8. The molecule has 0 spiro atoms. The predicted molar refractivity (Wildman–Crippen MR) is 152 cm³/mol. The number of benzene rings is 1. The van der Waals surface area contributed by atoms with Gasteiger partial charge >= 0.3 is 6.09 Å². The quantitative estimate of drug-likeness (QED) is 0.330. The van der Waals surface area contributed by atoms with Crippen LogP contribution in [0.3, 0.4) is 0 Å². The molecule has 0 bridgehead atoms. The Bertz CT molecular complexity index is 1240. The van der Waals surface area contributed by atoms with Crippen LogP contribution in [0.15, 0.2) is 36.7 Å². The fourth-order valence-corrected chi connectivity index (χ4v) is 6.63. The van der Waals surface area contributed by atoms with Crippen LogP contribution in [-0.2, 0) is 6.54 Å². The summed E-state index contributed by atoms with van der Waals surface area (Å²) >= 11 is 0. The molecule has 1 aromatic carbocycles. The number of carbonyl (C=O) groups is 1. The van der Waals surface area contributed by atoms with Gasteiger partial charge in [0.1, 0.15) is 0 Å². The lowest BCUT2D eigenvalue weighted by Gasteiger charge is -2.36. The maximum atomic E-state index is 11.1. The minimum atomic E-state index is -0.943. The van der Waals surface area contributed by atoms with Crippen molar-refractivity contribution in [1.29, 1.82) is 0 Å². The van der Waals surface area contributed by atoms with Crippen LogP contribution in [0.5, 0.6) is 0 Å². The summed E-state index contributed by atoms with van der Waals surface area (Å²) in [5.74, 6) is 1.56. The van der Waals surface area contributed by atoms with Crippen molar-refractivity contribution < 1.29 is 9.90 Å². The molecule has 3 fully saturated rings. The highest BCUT2D eigenvalue weighted by Crippen LogP contribution is 2.35. The normalized spacial score (nSPS) is 22.7. The van der Waals surface area contributed by atoms with E-state index in [-0.39, 0.29) is 12.1 Å². The third-order valence-electron chi connectivity index (χ3n) is 8.73. The van der Waals surface area contributed by atoms with Crippen molar-refractivity contribution in [3.05, 3.63) is 42.2 Å². The zero-order valence-corrected chi connectivity index (χ0v) is 22.6. The fourth-order valence-electron chi connectivity index (χ4n) is 6.63. The van der Waals surface area contributed by atoms with E-state index in [1.165, 1.54) is 18.4 Å². The van der Waals surface area contributed by atoms with Gasteiger partial charge in [0.15, 0.2) is 17.0 Å². The Labute approximate surface area is 229 Å². The second kappa shape index (κ2) is 11.8. The lowest BCUT2D eigenvalue weighted by Crippen LogP contribution is -2.43. The van der Waals surface area contributed by atoms with Crippen LogP contribution in [0, 0.1) is 0 Å². The number of hydrogen-bond donors (Lipinski definition) is 4. The molecule has 2 aliphatic carbocycles. The molecule has 3 heterocycles. The van der Waals surface area contributed by atoms with Crippen LogP contribution in [0.2, 0.25) is 0 Å². The smallest absolute Gasteiger partial charge is 0.404 e. The van der Waals surface area contributed by atoms with Crippen molar-refractivity contribution in [2.75, 3.05) is 23.3 Å². The molecule has 0 radical (unpaired) electrons. The SMILES string of the molecule is O=C(O)NC1CCC(Nc2nc(N(Cc3ccccc3)C3CCNCC3)c3ncn(C4CCCC4)c3n2)CC1. The van der Waals surface area contributed by atoms with Crippen molar-refractivity contribution in [1.82, 2.24) is 30.2 Å². The highest BCUT2D eigenvalue weighted by Gasteiger charge is 2.29. The molecule has 1 aliphatic heterocycles. The van der Waals surface area contributed by atoms with Crippen molar-refractivity contribution in [3.8, 4) is 0 Å². The van der Waals surface area contributed by atoms with E-state index in [1.807, 2.05) is 6.33 Å². The topological polar surface area (TPSA) is 120 Å². The van der Waals surface area contributed by atoms with Crippen molar-refractivity contribution in [2.45, 2.75) is 94.9 Å². The van der Waals surface area contributed by atoms with Crippen molar-refractivity contribution in [3.63, 3.8) is 0 Å². The minimum absolute atomic E-state index is 0.0181. The van der Waals surface area contributed by atoms with Gasteiger partial charge in [-0.05, 0) is 70.0 Å². The molecule has 0 unspecified atom stereocenters. The van der Waals surface area contributed by atoms with Gasteiger partial charge in [-0.1, -0.05) is 43.2 Å². The third kappa shape index (κ3) is 5.95. The molecule has 1 amide bonds. The van der Waals surface area contributed by atoms with E-state index in [4.69, 9.17) is 20.1 Å². The molecular formula is C29H40N8O2. The Morgan fingerprint density at radius 1 is 0.974 bits per heavy atom. The van der Waals surface area contributed by atoms with Crippen LogP contribution >= 0.6 is 0 Å². The summed E-state index contributed by atoms with van der Waals surface area (Å²) in [7, 11) is 0. The molecule has 1 saturated heterocycles. The molecular weight excluding hydrogens is 492 g/mol. The summed E-state index contributed by atoms with van der Waals surface area (Å²) in [5, 5.41) is 18.9. The number of imidazole rings is 1. The number of piperidine rings is 1. The summed E-state index contributed by atoms with van der Waals surface area (Å²) in [5.41, 5.74) is 3.07. The first-order valence-electron chi connectivity index (χ1n) is 14.7. The van der Waals surface area contributed by atoms with Crippen LogP contribution in [0.1, 0.15) is 75.8 Å². The molecule has 4 N–H and O–H groups in total. The van der Waals surface area contributed by atoms with Crippen LogP contribution in [0.25, 0.3) is 11.2 Å². The predicted octanol–water partition coefficient (Wildman–Crippen LogP) is 4.69. The van der Waals surface area contributed by atoms with Crippen LogP contribution in [0.4, 0.5) is 16.6 Å². The number of anilines is 2. The van der Waals surface area contributed by atoms with Gasteiger partial charge in [0.2, 0.25) is 5.95 Å². The molecule has 2 saturated carbocycles. The first kappa shape index (κ1) is 25.9. The van der Waals surface area contributed by atoms with E-state index in [0.717, 1.165) is 88.0 Å². The van der Waals surface area contributed by atoms with Crippen molar-refractivity contribution in [2.24, 2.45) is 0 Å². The first-order chi connectivity index (χ1) is 19.1. The number of nitrogens with one attached hydrogen (secondary N) is 3.